The first kappa shape index (κ1) is 19.2. The molecular weight excluding hydrogens is 272 g/mol. The van der Waals surface area contributed by atoms with Gasteiger partial charge in [-0.15, -0.1) is 0 Å². The molecule has 108 valence electrons. The van der Waals surface area contributed by atoms with Gasteiger partial charge in [0, 0.05) is 12.2 Å². The second-order valence-corrected chi connectivity index (χ2v) is 2.52. The van der Waals surface area contributed by atoms with Crippen LogP contribution in [0.1, 0.15) is 0 Å². The van der Waals surface area contributed by atoms with E-state index in [4.69, 9.17) is 10.2 Å². The number of carbonyl (C=O) groups is 4. The molecule has 0 heterocycles. The van der Waals surface area contributed by atoms with Crippen LogP contribution in [0.5, 0.6) is 0 Å². The van der Waals surface area contributed by atoms with E-state index in [0.717, 1.165) is 24.7 Å². The molecule has 0 saturated carbocycles. The van der Waals surface area contributed by atoms with Gasteiger partial charge in [-0.05, 0) is 12.2 Å². The highest BCUT2D eigenvalue weighted by atomic mass is 16.5. The van der Waals surface area contributed by atoms with Crippen LogP contribution in [0.3, 0.4) is 0 Å². The Balaban J connectivity index is 0. The number of hydrogen-bond acceptors (Lipinski definition) is 6. The molecule has 0 unspecified atom stereocenters. The van der Waals surface area contributed by atoms with Crippen molar-refractivity contribution in [3.8, 4) is 0 Å². The fourth-order valence-corrected chi connectivity index (χ4v) is 0.521. The average Bonchev–Trinajstić information content (AvgIpc) is 2.38. The zero-order valence-electron chi connectivity index (χ0n) is 10.1. The van der Waals surface area contributed by atoms with Gasteiger partial charge in [-0.1, -0.05) is 12.2 Å². The van der Waals surface area contributed by atoms with E-state index in [-0.39, 0.29) is 12.9 Å². The maximum Gasteiger partial charge on any atom is 0.328 e. The molecule has 0 bridgehead atoms. The van der Waals surface area contributed by atoms with Crippen LogP contribution in [0.25, 0.3) is 0 Å². The molecule has 0 saturated heterocycles. The molecule has 8 nitrogen and oxygen atoms in total. The van der Waals surface area contributed by atoms with E-state index >= 15 is 0 Å². The van der Waals surface area contributed by atoms with Crippen LogP contribution in [0.2, 0.25) is 0 Å². The largest absolute Gasteiger partial charge is 0.478 e. The quantitative estimate of drug-likeness (QED) is 0.287. The molecule has 0 aromatic rings. The summed E-state index contributed by atoms with van der Waals surface area (Å²) in [5.74, 6) is -2.09. The average molecular weight is 284 g/mol. The molecule has 0 radical (unpaired) electrons. The SMILES string of the molecule is O=CO/C=C/C=C\C(=O)O.O=CO/C=C\C=C/C(=O)O. The summed E-state index contributed by atoms with van der Waals surface area (Å²) >= 11 is 0. The Morgan fingerprint density at radius 3 is 1.30 bits per heavy atom. The van der Waals surface area contributed by atoms with E-state index in [0.29, 0.717) is 0 Å². The fraction of sp³-hybridized carbons (Fsp3) is 0. The van der Waals surface area contributed by atoms with Crippen LogP contribution >= 0.6 is 0 Å². The third-order valence-corrected chi connectivity index (χ3v) is 1.13. The Kier molecular flexibility index (Phi) is 15.2. The van der Waals surface area contributed by atoms with Crippen LogP contribution in [0.15, 0.2) is 49.0 Å². The van der Waals surface area contributed by atoms with Crippen LogP contribution in [0.4, 0.5) is 0 Å². The Labute approximate surface area is 113 Å². The number of allylic oxidation sites excluding steroid dienone is 4. The number of hydrogen-bond donors (Lipinski definition) is 2. The molecule has 0 rings (SSSR count). The zero-order chi connectivity index (χ0) is 15.6. The highest BCUT2D eigenvalue weighted by Gasteiger charge is 1.80. The second-order valence-electron chi connectivity index (χ2n) is 2.52. The minimum Gasteiger partial charge on any atom is -0.478 e. The Bertz CT molecular complexity index is 377. The molecule has 0 aromatic carbocycles. The highest BCUT2D eigenvalue weighted by Crippen LogP contribution is 1.77. The van der Waals surface area contributed by atoms with Gasteiger partial charge in [0.25, 0.3) is 12.9 Å². The van der Waals surface area contributed by atoms with Crippen molar-refractivity contribution in [1.82, 2.24) is 0 Å². The first-order chi connectivity index (χ1) is 9.54. The predicted molar refractivity (Wildman–Crippen MR) is 66.1 cm³/mol. The van der Waals surface area contributed by atoms with E-state index in [1.165, 1.54) is 24.3 Å². The molecule has 0 atom stereocenters. The van der Waals surface area contributed by atoms with Gasteiger partial charge >= 0.3 is 11.9 Å². The maximum absolute atomic E-state index is 9.80. The molecule has 0 aliphatic heterocycles. The van der Waals surface area contributed by atoms with Crippen molar-refractivity contribution < 1.29 is 38.9 Å². The van der Waals surface area contributed by atoms with Crippen molar-refractivity contribution in [2.75, 3.05) is 0 Å². The van der Waals surface area contributed by atoms with Gasteiger partial charge in [-0.3, -0.25) is 9.59 Å². The molecule has 2 N–H and O–H groups in total. The lowest BCUT2D eigenvalue weighted by Gasteiger charge is -1.78. The number of carbonyl (C=O) groups excluding carboxylic acids is 2. The third kappa shape index (κ3) is 24.2. The topological polar surface area (TPSA) is 127 Å². The number of ether oxygens (including phenoxy) is 2. The summed E-state index contributed by atoms with van der Waals surface area (Å²) in [6.07, 6.45) is 9.07. The minimum absolute atomic E-state index is 0.241. The van der Waals surface area contributed by atoms with E-state index < -0.39 is 11.9 Å². The number of carboxylic acid groups (broad SMARTS) is 2. The van der Waals surface area contributed by atoms with Gasteiger partial charge in [0.15, 0.2) is 0 Å². The lowest BCUT2D eigenvalue weighted by atomic mass is 10.5. The molecular formula is C12H12O8. The number of rotatable bonds is 8. The van der Waals surface area contributed by atoms with E-state index in [2.05, 4.69) is 9.47 Å². The first-order valence-electron chi connectivity index (χ1n) is 4.85. The summed E-state index contributed by atoms with van der Waals surface area (Å²) in [5.41, 5.74) is 0. The van der Waals surface area contributed by atoms with Crippen LogP contribution < -0.4 is 0 Å². The first-order valence-corrected chi connectivity index (χ1v) is 4.85. The Hall–Kier alpha value is -3.16. The van der Waals surface area contributed by atoms with E-state index in [9.17, 15) is 19.2 Å². The van der Waals surface area contributed by atoms with Crippen LogP contribution in [-0.2, 0) is 28.7 Å². The van der Waals surface area contributed by atoms with Crippen molar-refractivity contribution >= 4 is 24.9 Å². The van der Waals surface area contributed by atoms with Gasteiger partial charge in [-0.2, -0.15) is 0 Å². The highest BCUT2D eigenvalue weighted by molar-refractivity contribution is 5.80. The van der Waals surface area contributed by atoms with Gasteiger partial charge in [0.2, 0.25) is 0 Å². The summed E-state index contributed by atoms with van der Waals surface area (Å²) < 4.78 is 8.22. The molecule has 0 aromatic heterocycles. The van der Waals surface area contributed by atoms with Crippen LogP contribution in [0, 0.1) is 0 Å². The maximum atomic E-state index is 9.80. The van der Waals surface area contributed by atoms with Crippen molar-refractivity contribution in [2.45, 2.75) is 0 Å². The lowest BCUT2D eigenvalue weighted by Crippen LogP contribution is -1.84. The number of aliphatic carboxylic acids is 2. The van der Waals surface area contributed by atoms with Gasteiger partial charge in [0.1, 0.15) is 0 Å². The van der Waals surface area contributed by atoms with Crippen molar-refractivity contribution in [1.29, 1.82) is 0 Å². The predicted octanol–water partition coefficient (Wildman–Crippen LogP) is 0.628. The van der Waals surface area contributed by atoms with Gasteiger partial charge in [0.05, 0.1) is 12.5 Å². The van der Waals surface area contributed by atoms with Crippen molar-refractivity contribution in [3.05, 3.63) is 49.0 Å². The molecule has 8 heteroatoms. The third-order valence-electron chi connectivity index (χ3n) is 1.13. The van der Waals surface area contributed by atoms with Crippen molar-refractivity contribution in [2.24, 2.45) is 0 Å². The molecule has 0 aliphatic rings. The second kappa shape index (κ2) is 15.8. The van der Waals surface area contributed by atoms with Crippen LogP contribution in [-0.4, -0.2) is 35.1 Å². The summed E-state index contributed by atoms with van der Waals surface area (Å²) in [4.78, 5) is 38.6. The summed E-state index contributed by atoms with van der Waals surface area (Å²) in [6.45, 7) is 0.482. The molecule has 0 fully saturated rings. The summed E-state index contributed by atoms with van der Waals surface area (Å²) in [5, 5.41) is 16.1. The molecule has 0 spiro atoms. The smallest absolute Gasteiger partial charge is 0.328 e. The number of carboxylic acids is 2. The molecule has 0 amide bonds. The van der Waals surface area contributed by atoms with E-state index in [1.807, 2.05) is 0 Å². The standard InChI is InChI=1S/2C6H6O4/c2*7-5-10-4-2-1-3-6(8)9/h2*1-5H,(H,8,9)/b3-1-,4-2+;3-1-,4-2-. The normalized spacial score (nSPS) is 10.4. The Morgan fingerprint density at radius 2 is 1.05 bits per heavy atom. The minimum atomic E-state index is -1.05. The van der Waals surface area contributed by atoms with Gasteiger partial charge < -0.3 is 19.7 Å². The van der Waals surface area contributed by atoms with Gasteiger partial charge in [-0.25, -0.2) is 9.59 Å². The lowest BCUT2D eigenvalue weighted by molar-refractivity contribution is -0.132. The summed E-state index contributed by atoms with van der Waals surface area (Å²) in [7, 11) is 0. The van der Waals surface area contributed by atoms with E-state index in [1.54, 1.807) is 0 Å². The Morgan fingerprint density at radius 1 is 0.700 bits per heavy atom. The molecule has 20 heavy (non-hydrogen) atoms. The monoisotopic (exact) mass is 284 g/mol. The zero-order valence-corrected chi connectivity index (χ0v) is 10.1. The molecule has 0 aliphatic carbocycles. The van der Waals surface area contributed by atoms with Crippen molar-refractivity contribution in [3.63, 3.8) is 0 Å². The fourth-order valence-electron chi connectivity index (χ4n) is 0.521. The summed E-state index contributed by atoms with van der Waals surface area (Å²) in [6, 6.07) is 0.